The van der Waals surface area contributed by atoms with Crippen LogP contribution in [0.5, 0.6) is 11.5 Å². The average Bonchev–Trinajstić information content (AvgIpc) is 2.95. The second-order valence-electron chi connectivity index (χ2n) is 9.03. The van der Waals surface area contributed by atoms with Crippen molar-refractivity contribution in [3.8, 4) is 11.5 Å². The Morgan fingerprint density at radius 2 is 1.05 bits per heavy atom. The van der Waals surface area contributed by atoms with Gasteiger partial charge in [0.25, 0.3) is 0 Å². The van der Waals surface area contributed by atoms with Gasteiger partial charge < -0.3 is 10.2 Å². The maximum Gasteiger partial charge on any atom is 0.126 e. The van der Waals surface area contributed by atoms with Gasteiger partial charge in [-0.2, -0.15) is 12.6 Å². The number of fused-ring (bicyclic) bond motifs is 3. The van der Waals surface area contributed by atoms with E-state index in [4.69, 9.17) is 12.6 Å². The molecule has 0 aromatic heterocycles. The van der Waals surface area contributed by atoms with Crippen LogP contribution in [0.1, 0.15) is 22.3 Å². The van der Waals surface area contributed by atoms with Crippen LogP contribution in [-0.2, 0) is 12.8 Å². The van der Waals surface area contributed by atoms with E-state index < -0.39 is 0 Å². The molecule has 0 amide bonds. The molecule has 37 heavy (non-hydrogen) atoms. The van der Waals surface area contributed by atoms with Crippen molar-refractivity contribution in [1.82, 2.24) is 0 Å². The molecule has 0 spiro atoms. The maximum absolute atomic E-state index is 11.0. The lowest BCUT2D eigenvalue weighted by molar-refractivity contribution is 0.476. The lowest BCUT2D eigenvalue weighted by atomic mass is 9.91. The van der Waals surface area contributed by atoms with Gasteiger partial charge in [0.2, 0.25) is 0 Å². The lowest BCUT2D eigenvalue weighted by Crippen LogP contribution is -1.98. The molecule has 0 bridgehead atoms. The predicted octanol–water partition coefficient (Wildman–Crippen LogP) is 8.57. The molecule has 6 rings (SSSR count). The van der Waals surface area contributed by atoms with E-state index in [0.717, 1.165) is 59.5 Å². The van der Waals surface area contributed by atoms with Crippen LogP contribution >= 0.6 is 25.3 Å². The van der Waals surface area contributed by atoms with E-state index >= 15 is 0 Å². The first kappa shape index (κ1) is 25.1. The van der Waals surface area contributed by atoms with Crippen molar-refractivity contribution in [3.63, 3.8) is 0 Å². The van der Waals surface area contributed by atoms with Gasteiger partial charge in [-0.3, -0.25) is 0 Å². The standard InChI is InChI=1S/C32H24O2S.CH4S/c33-30-16-15-21(25-8-3-5-11-28(25)30)17-24-19-23(26-9-4-6-12-29(26)32(24)35)18-22-14-13-20-7-1-2-10-27(20)31(22)34;1-2/h1-16,19,33-35H,17-18H2;2H,1H3. The third-order valence-electron chi connectivity index (χ3n) is 6.92. The van der Waals surface area contributed by atoms with Crippen LogP contribution in [0.15, 0.2) is 108 Å². The monoisotopic (exact) mass is 520 g/mol. The Labute approximate surface area is 228 Å². The van der Waals surface area contributed by atoms with E-state index in [1.165, 1.54) is 0 Å². The summed E-state index contributed by atoms with van der Waals surface area (Å²) in [5.41, 5.74) is 4.32. The largest absolute Gasteiger partial charge is 0.507 e. The summed E-state index contributed by atoms with van der Waals surface area (Å²) in [5, 5.41) is 27.4. The van der Waals surface area contributed by atoms with Gasteiger partial charge in [-0.1, -0.05) is 97.1 Å². The highest BCUT2D eigenvalue weighted by Crippen LogP contribution is 2.36. The Morgan fingerprint density at radius 3 is 1.78 bits per heavy atom. The first-order chi connectivity index (χ1) is 18.1. The topological polar surface area (TPSA) is 40.5 Å². The van der Waals surface area contributed by atoms with E-state index in [0.29, 0.717) is 24.3 Å². The zero-order chi connectivity index (χ0) is 25.9. The average molecular weight is 521 g/mol. The maximum atomic E-state index is 11.0. The van der Waals surface area contributed by atoms with Gasteiger partial charge in [0, 0.05) is 22.1 Å². The molecule has 0 fully saturated rings. The van der Waals surface area contributed by atoms with Crippen molar-refractivity contribution in [3.05, 3.63) is 125 Å². The number of hydrogen-bond donors (Lipinski definition) is 4. The summed E-state index contributed by atoms with van der Waals surface area (Å²) in [6, 6.07) is 34.3. The van der Waals surface area contributed by atoms with Gasteiger partial charge in [0.05, 0.1) is 0 Å². The summed E-state index contributed by atoms with van der Waals surface area (Å²) in [5.74, 6) is 0.634. The fraction of sp³-hybridized carbons (Fsp3) is 0.0909. The minimum Gasteiger partial charge on any atom is -0.507 e. The molecule has 0 atom stereocenters. The summed E-state index contributed by atoms with van der Waals surface area (Å²) in [4.78, 5) is 0.962. The van der Waals surface area contributed by atoms with Crippen molar-refractivity contribution in [2.45, 2.75) is 17.7 Å². The Kier molecular flexibility index (Phi) is 7.31. The molecule has 2 N–H and O–H groups in total. The molecule has 0 aliphatic carbocycles. The van der Waals surface area contributed by atoms with Gasteiger partial charge in [0.15, 0.2) is 0 Å². The van der Waals surface area contributed by atoms with E-state index in [2.05, 4.69) is 43.0 Å². The van der Waals surface area contributed by atoms with Crippen LogP contribution in [0.2, 0.25) is 0 Å². The number of benzene rings is 6. The smallest absolute Gasteiger partial charge is 0.126 e. The predicted molar refractivity (Wildman–Crippen MR) is 163 cm³/mol. The van der Waals surface area contributed by atoms with E-state index in [9.17, 15) is 10.2 Å². The van der Waals surface area contributed by atoms with Crippen molar-refractivity contribution in [2.24, 2.45) is 0 Å². The van der Waals surface area contributed by atoms with Crippen LogP contribution in [0, 0.1) is 0 Å². The van der Waals surface area contributed by atoms with Gasteiger partial charge >= 0.3 is 0 Å². The number of aromatic hydroxyl groups is 2. The molecule has 0 radical (unpaired) electrons. The molecule has 184 valence electrons. The highest BCUT2D eigenvalue weighted by molar-refractivity contribution is 7.80. The molecule has 0 saturated carbocycles. The van der Waals surface area contributed by atoms with Crippen LogP contribution in [0.25, 0.3) is 32.3 Å². The Bertz CT molecular complexity index is 1740. The highest BCUT2D eigenvalue weighted by Gasteiger charge is 2.15. The van der Waals surface area contributed by atoms with Crippen LogP contribution in [0.3, 0.4) is 0 Å². The van der Waals surface area contributed by atoms with Crippen molar-refractivity contribution >= 4 is 57.6 Å². The number of hydrogen-bond acceptors (Lipinski definition) is 4. The third kappa shape index (κ3) is 4.75. The summed E-state index contributed by atoms with van der Waals surface area (Å²) >= 11 is 8.48. The fourth-order valence-electron chi connectivity index (χ4n) is 5.13. The highest BCUT2D eigenvalue weighted by atomic mass is 32.1. The third-order valence-corrected chi connectivity index (χ3v) is 7.45. The Balaban J connectivity index is 0.00000137. The Morgan fingerprint density at radius 1 is 0.514 bits per heavy atom. The molecule has 0 aliphatic rings. The molecule has 4 heteroatoms. The van der Waals surface area contributed by atoms with Crippen molar-refractivity contribution in [1.29, 1.82) is 0 Å². The fourth-order valence-corrected chi connectivity index (χ4v) is 5.47. The number of rotatable bonds is 4. The van der Waals surface area contributed by atoms with E-state index in [1.807, 2.05) is 66.7 Å². The molecule has 6 aromatic carbocycles. The molecule has 0 saturated heterocycles. The number of phenols is 2. The first-order valence-electron chi connectivity index (χ1n) is 12.2. The molecular weight excluding hydrogens is 492 g/mol. The molecule has 6 aromatic rings. The van der Waals surface area contributed by atoms with E-state index in [1.54, 1.807) is 12.3 Å². The molecule has 2 nitrogen and oxygen atoms in total. The van der Waals surface area contributed by atoms with Gasteiger partial charge in [-0.15, -0.1) is 12.6 Å². The number of thiol groups is 2. The zero-order valence-electron chi connectivity index (χ0n) is 20.5. The van der Waals surface area contributed by atoms with Gasteiger partial charge in [-0.25, -0.2) is 0 Å². The lowest BCUT2D eigenvalue weighted by Gasteiger charge is -2.16. The summed E-state index contributed by atoms with van der Waals surface area (Å²) in [6.07, 6.45) is 3.01. The van der Waals surface area contributed by atoms with Crippen LogP contribution in [0.4, 0.5) is 0 Å². The van der Waals surface area contributed by atoms with Crippen LogP contribution < -0.4 is 0 Å². The molecule has 0 unspecified atom stereocenters. The van der Waals surface area contributed by atoms with E-state index in [-0.39, 0.29) is 0 Å². The minimum atomic E-state index is 0.293. The molecule has 0 aliphatic heterocycles. The SMILES string of the molecule is CS.Oc1c(Cc2cc(Cc3ccc(O)c4ccccc34)c(S)c3ccccc23)ccc2ccccc12. The second-order valence-corrected chi connectivity index (χ2v) is 9.47. The summed E-state index contributed by atoms with van der Waals surface area (Å²) < 4.78 is 0. The molecular formula is C33H28O2S2. The first-order valence-corrected chi connectivity index (χ1v) is 13.5. The quantitative estimate of drug-likeness (QED) is 0.176. The van der Waals surface area contributed by atoms with Crippen LogP contribution in [-0.4, -0.2) is 16.5 Å². The van der Waals surface area contributed by atoms with Crippen molar-refractivity contribution in [2.75, 3.05) is 6.26 Å². The zero-order valence-corrected chi connectivity index (χ0v) is 22.3. The minimum absolute atomic E-state index is 0.293. The second kappa shape index (κ2) is 10.8. The van der Waals surface area contributed by atoms with Gasteiger partial charge in [-0.05, 0) is 62.5 Å². The summed E-state index contributed by atoms with van der Waals surface area (Å²) in [7, 11) is 0. The Hall–Kier alpha value is -3.60. The molecule has 0 heterocycles. The van der Waals surface area contributed by atoms with Crippen molar-refractivity contribution < 1.29 is 10.2 Å². The normalized spacial score (nSPS) is 11.0. The number of phenolic OH excluding ortho intramolecular Hbond substituents is 2. The van der Waals surface area contributed by atoms with Gasteiger partial charge in [0.1, 0.15) is 11.5 Å². The summed E-state index contributed by atoms with van der Waals surface area (Å²) in [6.45, 7) is 0.